The topological polar surface area (TPSA) is 99.8 Å². The molecule has 1 aromatic heterocycles. The third kappa shape index (κ3) is 5.06. The minimum absolute atomic E-state index is 0.0419. The van der Waals surface area contributed by atoms with Gasteiger partial charge >= 0.3 is 11.9 Å². The van der Waals surface area contributed by atoms with Gasteiger partial charge < -0.3 is 19.9 Å². The van der Waals surface area contributed by atoms with Crippen LogP contribution in [0.5, 0.6) is 0 Å². The lowest BCUT2D eigenvalue weighted by molar-refractivity contribution is 0.0696. The Balaban J connectivity index is 0.00000116. The van der Waals surface area contributed by atoms with Crippen molar-refractivity contribution in [3.05, 3.63) is 59.0 Å². The number of aromatic carboxylic acids is 2. The number of benzene rings is 1. The number of nitrogens with one attached hydrogen (secondary N) is 1. The molecular weight excluding hydrogens is 286 g/mol. The van der Waals surface area contributed by atoms with Gasteiger partial charge in [-0.05, 0) is 35.9 Å². The van der Waals surface area contributed by atoms with Gasteiger partial charge in [-0.1, -0.05) is 13.8 Å². The number of furan rings is 1. The Kier molecular flexibility index (Phi) is 6.85. The van der Waals surface area contributed by atoms with Crippen molar-refractivity contribution in [2.75, 3.05) is 0 Å². The molecule has 6 heteroatoms. The zero-order chi connectivity index (χ0) is 16.5. The van der Waals surface area contributed by atoms with E-state index in [-0.39, 0.29) is 11.1 Å². The quantitative estimate of drug-likeness (QED) is 0.758. The summed E-state index contributed by atoms with van der Waals surface area (Å²) in [5.74, 6) is -1.56. The molecule has 0 bridgehead atoms. The fourth-order valence-electron chi connectivity index (χ4n) is 1.78. The van der Waals surface area contributed by atoms with Gasteiger partial charge in [-0.25, -0.2) is 9.59 Å². The van der Waals surface area contributed by atoms with Gasteiger partial charge in [0.2, 0.25) is 0 Å². The molecule has 3 N–H and O–H groups in total. The van der Waals surface area contributed by atoms with E-state index in [1.54, 1.807) is 12.3 Å². The van der Waals surface area contributed by atoms with Crippen LogP contribution in [0.15, 0.2) is 41.0 Å². The molecule has 22 heavy (non-hydrogen) atoms. The van der Waals surface area contributed by atoms with Crippen molar-refractivity contribution in [3.63, 3.8) is 0 Å². The Morgan fingerprint density at radius 2 is 1.64 bits per heavy atom. The number of hydrogen-bond donors (Lipinski definition) is 3. The average Bonchev–Trinajstić information content (AvgIpc) is 3.02. The first-order valence-corrected chi connectivity index (χ1v) is 6.90. The van der Waals surface area contributed by atoms with Crippen LogP contribution in [-0.2, 0) is 13.1 Å². The lowest BCUT2D eigenvalue weighted by Crippen LogP contribution is -2.13. The van der Waals surface area contributed by atoms with Crippen molar-refractivity contribution < 1.29 is 24.2 Å². The summed E-state index contributed by atoms with van der Waals surface area (Å²) in [5.41, 5.74) is 0.508. The van der Waals surface area contributed by atoms with Gasteiger partial charge in [0.05, 0.1) is 23.9 Å². The fraction of sp³-hybridized carbons (Fsp3) is 0.250. The van der Waals surface area contributed by atoms with Crippen molar-refractivity contribution in [2.45, 2.75) is 26.9 Å². The van der Waals surface area contributed by atoms with E-state index in [0.29, 0.717) is 18.7 Å². The summed E-state index contributed by atoms with van der Waals surface area (Å²) in [6, 6.07) is 7.61. The number of carboxylic acid groups (broad SMARTS) is 2. The van der Waals surface area contributed by atoms with Gasteiger partial charge in [0.25, 0.3) is 0 Å². The second kappa shape index (κ2) is 8.63. The van der Waals surface area contributed by atoms with Crippen LogP contribution >= 0.6 is 0 Å². The molecule has 0 spiro atoms. The standard InChI is InChI=1S/C14H13NO5.C2H6/c16-13(17)10-4-9(5-11(6-10)14(18)19)7-15-8-12-2-1-3-20-12;1-2/h1-6,15H,7-8H2,(H,16,17)(H,18,19);1-2H3. The minimum atomic E-state index is -1.15. The predicted molar refractivity (Wildman–Crippen MR) is 81.0 cm³/mol. The number of carbonyl (C=O) groups is 2. The summed E-state index contributed by atoms with van der Waals surface area (Å²) in [5, 5.41) is 21.0. The maximum atomic E-state index is 11.0. The van der Waals surface area contributed by atoms with E-state index in [9.17, 15) is 9.59 Å². The van der Waals surface area contributed by atoms with Crippen LogP contribution in [0.25, 0.3) is 0 Å². The van der Waals surface area contributed by atoms with Gasteiger partial charge in [-0.3, -0.25) is 0 Å². The van der Waals surface area contributed by atoms with Crippen molar-refractivity contribution >= 4 is 11.9 Å². The summed E-state index contributed by atoms with van der Waals surface area (Å²) < 4.78 is 5.14. The predicted octanol–water partition coefficient (Wildman–Crippen LogP) is 2.99. The van der Waals surface area contributed by atoms with Crippen molar-refractivity contribution in [3.8, 4) is 0 Å². The molecule has 0 unspecified atom stereocenters. The van der Waals surface area contributed by atoms with Crippen molar-refractivity contribution in [1.82, 2.24) is 5.32 Å². The zero-order valence-corrected chi connectivity index (χ0v) is 12.5. The van der Waals surface area contributed by atoms with E-state index < -0.39 is 11.9 Å². The molecule has 1 aromatic carbocycles. The van der Waals surface area contributed by atoms with Crippen molar-refractivity contribution in [1.29, 1.82) is 0 Å². The van der Waals surface area contributed by atoms with Gasteiger partial charge in [-0.2, -0.15) is 0 Å². The van der Waals surface area contributed by atoms with Gasteiger partial charge in [0, 0.05) is 6.54 Å². The Bertz CT molecular complexity index is 587. The van der Waals surface area contributed by atoms with E-state index in [4.69, 9.17) is 14.6 Å². The Morgan fingerprint density at radius 1 is 1.05 bits per heavy atom. The lowest BCUT2D eigenvalue weighted by atomic mass is 10.1. The van der Waals surface area contributed by atoms with E-state index in [1.807, 2.05) is 19.9 Å². The molecule has 0 atom stereocenters. The maximum absolute atomic E-state index is 11.0. The molecule has 0 saturated heterocycles. The molecule has 0 amide bonds. The summed E-state index contributed by atoms with van der Waals surface area (Å²) in [4.78, 5) is 21.9. The second-order valence-electron chi connectivity index (χ2n) is 4.21. The average molecular weight is 305 g/mol. The monoisotopic (exact) mass is 305 g/mol. The molecule has 0 aliphatic heterocycles. The fourth-order valence-corrected chi connectivity index (χ4v) is 1.78. The van der Waals surface area contributed by atoms with Gasteiger partial charge in [-0.15, -0.1) is 0 Å². The van der Waals surface area contributed by atoms with Crippen LogP contribution in [0.2, 0.25) is 0 Å². The van der Waals surface area contributed by atoms with E-state index in [0.717, 1.165) is 11.8 Å². The molecule has 2 aromatic rings. The second-order valence-corrected chi connectivity index (χ2v) is 4.21. The highest BCUT2D eigenvalue weighted by molar-refractivity contribution is 5.94. The highest BCUT2D eigenvalue weighted by Crippen LogP contribution is 2.11. The molecule has 1 heterocycles. The molecule has 2 rings (SSSR count). The summed E-state index contributed by atoms with van der Waals surface area (Å²) in [6.45, 7) is 4.83. The largest absolute Gasteiger partial charge is 0.478 e. The molecule has 6 nitrogen and oxygen atoms in total. The number of hydrogen-bond acceptors (Lipinski definition) is 4. The van der Waals surface area contributed by atoms with Crippen LogP contribution in [0.1, 0.15) is 45.9 Å². The number of carboxylic acids is 2. The Hall–Kier alpha value is -2.60. The zero-order valence-electron chi connectivity index (χ0n) is 12.5. The smallest absolute Gasteiger partial charge is 0.335 e. The lowest BCUT2D eigenvalue weighted by Gasteiger charge is -2.06. The highest BCUT2D eigenvalue weighted by atomic mass is 16.4. The van der Waals surface area contributed by atoms with Crippen LogP contribution in [0, 0.1) is 0 Å². The Labute approximate surface area is 128 Å². The van der Waals surface area contributed by atoms with E-state index >= 15 is 0 Å². The third-order valence-electron chi connectivity index (χ3n) is 2.70. The van der Waals surface area contributed by atoms with Crippen LogP contribution in [0.3, 0.4) is 0 Å². The summed E-state index contributed by atoms with van der Waals surface area (Å²) in [6.07, 6.45) is 1.56. The first-order valence-electron chi connectivity index (χ1n) is 6.90. The first kappa shape index (κ1) is 17.5. The molecular formula is C16H19NO5. The third-order valence-corrected chi connectivity index (χ3v) is 2.70. The van der Waals surface area contributed by atoms with E-state index in [2.05, 4.69) is 5.32 Å². The molecule has 0 aliphatic rings. The highest BCUT2D eigenvalue weighted by Gasteiger charge is 2.11. The minimum Gasteiger partial charge on any atom is -0.478 e. The van der Waals surface area contributed by atoms with E-state index in [1.165, 1.54) is 12.1 Å². The van der Waals surface area contributed by atoms with Crippen LogP contribution in [0.4, 0.5) is 0 Å². The Morgan fingerprint density at radius 3 is 2.09 bits per heavy atom. The number of rotatable bonds is 6. The SMILES string of the molecule is CC.O=C(O)c1cc(CNCc2ccco2)cc(C(=O)O)c1. The molecule has 0 aliphatic carbocycles. The first-order chi connectivity index (χ1) is 10.6. The van der Waals surface area contributed by atoms with Gasteiger partial charge in [0.15, 0.2) is 0 Å². The maximum Gasteiger partial charge on any atom is 0.335 e. The molecule has 118 valence electrons. The summed E-state index contributed by atoms with van der Waals surface area (Å²) in [7, 11) is 0. The van der Waals surface area contributed by atoms with Crippen LogP contribution < -0.4 is 5.32 Å². The van der Waals surface area contributed by atoms with Crippen molar-refractivity contribution in [2.24, 2.45) is 0 Å². The normalized spacial score (nSPS) is 9.73. The molecule has 0 fully saturated rings. The molecule has 0 radical (unpaired) electrons. The van der Waals surface area contributed by atoms with Gasteiger partial charge in [0.1, 0.15) is 5.76 Å². The van der Waals surface area contributed by atoms with Crippen LogP contribution in [-0.4, -0.2) is 22.2 Å². The summed E-state index contributed by atoms with van der Waals surface area (Å²) >= 11 is 0. The molecule has 0 saturated carbocycles.